The number of amides is 1. The highest BCUT2D eigenvalue weighted by molar-refractivity contribution is 5.92. The quantitative estimate of drug-likeness (QED) is 0.817. The van der Waals surface area contributed by atoms with Gasteiger partial charge in [0.15, 0.2) is 0 Å². The maximum absolute atomic E-state index is 12.6. The van der Waals surface area contributed by atoms with Crippen LogP contribution in [0.1, 0.15) is 16.1 Å². The van der Waals surface area contributed by atoms with E-state index < -0.39 is 0 Å². The van der Waals surface area contributed by atoms with Gasteiger partial charge in [-0.25, -0.2) is 4.98 Å². The summed E-state index contributed by atoms with van der Waals surface area (Å²) < 4.78 is 0. The molecule has 0 bridgehead atoms. The number of carbonyl (C=O) groups excluding carboxylic acids is 1. The number of pyridine rings is 1. The van der Waals surface area contributed by atoms with E-state index in [0.717, 1.165) is 58.0 Å². The Bertz CT molecular complexity index is 806. The van der Waals surface area contributed by atoms with Crippen LogP contribution in [0, 0.1) is 6.92 Å². The highest BCUT2D eigenvalue weighted by atomic mass is 16.2. The van der Waals surface area contributed by atoms with Gasteiger partial charge < -0.3 is 19.6 Å². The second-order valence-corrected chi connectivity index (χ2v) is 7.81. The number of anilines is 2. The van der Waals surface area contributed by atoms with E-state index in [1.165, 1.54) is 11.3 Å². The van der Waals surface area contributed by atoms with Crippen molar-refractivity contribution in [3.63, 3.8) is 0 Å². The first-order valence-electron chi connectivity index (χ1n) is 10.1. The Hall–Kier alpha value is -2.60. The van der Waals surface area contributed by atoms with Gasteiger partial charge in [0, 0.05) is 58.0 Å². The SMILES string of the molecule is Cc1cccc(N2CCN(c3ccc(C(=O)N4CCN(C)CC4)nc3)CC2)c1. The molecule has 6 nitrogen and oxygen atoms in total. The van der Waals surface area contributed by atoms with Crippen LogP contribution in [-0.2, 0) is 0 Å². The summed E-state index contributed by atoms with van der Waals surface area (Å²) >= 11 is 0. The number of nitrogens with zero attached hydrogens (tertiary/aromatic N) is 5. The van der Waals surface area contributed by atoms with E-state index >= 15 is 0 Å². The number of aromatic nitrogens is 1. The normalized spacial score (nSPS) is 18.4. The lowest BCUT2D eigenvalue weighted by Gasteiger charge is -2.37. The largest absolute Gasteiger partial charge is 0.368 e. The van der Waals surface area contributed by atoms with Gasteiger partial charge in [-0.15, -0.1) is 0 Å². The van der Waals surface area contributed by atoms with Gasteiger partial charge in [-0.3, -0.25) is 4.79 Å². The molecule has 0 unspecified atom stereocenters. The molecular formula is C22H29N5O. The summed E-state index contributed by atoms with van der Waals surface area (Å²) in [7, 11) is 2.09. The molecule has 3 heterocycles. The van der Waals surface area contributed by atoms with Gasteiger partial charge in [0.25, 0.3) is 5.91 Å². The molecule has 1 aromatic carbocycles. The van der Waals surface area contributed by atoms with E-state index in [-0.39, 0.29) is 5.91 Å². The van der Waals surface area contributed by atoms with Gasteiger partial charge in [0.2, 0.25) is 0 Å². The fourth-order valence-corrected chi connectivity index (χ4v) is 3.92. The van der Waals surface area contributed by atoms with Crippen LogP contribution in [0.3, 0.4) is 0 Å². The van der Waals surface area contributed by atoms with E-state index in [4.69, 9.17) is 0 Å². The summed E-state index contributed by atoms with van der Waals surface area (Å²) in [6.07, 6.45) is 1.85. The minimum Gasteiger partial charge on any atom is -0.368 e. The molecule has 0 aliphatic carbocycles. The lowest BCUT2D eigenvalue weighted by molar-refractivity contribution is 0.0658. The van der Waals surface area contributed by atoms with E-state index in [1.54, 1.807) is 0 Å². The number of carbonyl (C=O) groups is 1. The molecule has 0 N–H and O–H groups in total. The smallest absolute Gasteiger partial charge is 0.272 e. The minimum atomic E-state index is 0.0453. The third-order valence-corrected chi connectivity index (χ3v) is 5.77. The standard InChI is InChI=1S/C22H29N5O/c1-18-4-3-5-19(16-18)25-12-14-26(15-13-25)20-6-7-21(23-17-20)22(28)27-10-8-24(2)9-11-27/h3-7,16-17H,8-15H2,1-2H3. The Morgan fingerprint density at radius 2 is 1.54 bits per heavy atom. The number of hydrogen-bond acceptors (Lipinski definition) is 5. The fraction of sp³-hybridized carbons (Fsp3) is 0.455. The van der Waals surface area contributed by atoms with Crippen molar-refractivity contribution in [2.45, 2.75) is 6.92 Å². The van der Waals surface area contributed by atoms with Crippen LogP contribution < -0.4 is 9.80 Å². The molecule has 2 aliphatic rings. The third kappa shape index (κ3) is 4.12. The zero-order valence-electron chi connectivity index (χ0n) is 16.8. The molecule has 0 spiro atoms. The number of aryl methyl sites for hydroxylation is 1. The van der Waals surface area contributed by atoms with E-state index in [0.29, 0.717) is 5.69 Å². The zero-order valence-corrected chi connectivity index (χ0v) is 16.8. The summed E-state index contributed by atoms with van der Waals surface area (Å²) in [5, 5.41) is 0. The van der Waals surface area contributed by atoms with Crippen molar-refractivity contribution >= 4 is 17.3 Å². The van der Waals surface area contributed by atoms with Gasteiger partial charge in [-0.1, -0.05) is 12.1 Å². The van der Waals surface area contributed by atoms with Crippen LogP contribution in [0.15, 0.2) is 42.6 Å². The fourth-order valence-electron chi connectivity index (χ4n) is 3.92. The van der Waals surface area contributed by atoms with Gasteiger partial charge in [-0.2, -0.15) is 0 Å². The Balaban J connectivity index is 1.35. The zero-order chi connectivity index (χ0) is 19.5. The van der Waals surface area contributed by atoms with Crippen LogP contribution >= 0.6 is 0 Å². The molecule has 0 saturated carbocycles. The highest BCUT2D eigenvalue weighted by Crippen LogP contribution is 2.21. The van der Waals surface area contributed by atoms with Crippen LogP contribution in [0.4, 0.5) is 11.4 Å². The molecule has 6 heteroatoms. The van der Waals surface area contributed by atoms with Crippen LogP contribution in [0.2, 0.25) is 0 Å². The number of benzene rings is 1. The monoisotopic (exact) mass is 379 g/mol. The summed E-state index contributed by atoms with van der Waals surface area (Å²) in [5.74, 6) is 0.0453. The van der Waals surface area contributed by atoms with Crippen molar-refractivity contribution in [3.8, 4) is 0 Å². The molecule has 4 rings (SSSR count). The number of likely N-dealkylation sites (N-methyl/N-ethyl adjacent to an activating group) is 1. The van der Waals surface area contributed by atoms with Gasteiger partial charge in [0.05, 0.1) is 11.9 Å². The Labute approximate surface area is 167 Å². The lowest BCUT2D eigenvalue weighted by Crippen LogP contribution is -2.47. The number of rotatable bonds is 3. The van der Waals surface area contributed by atoms with Gasteiger partial charge in [-0.05, 0) is 43.8 Å². The average Bonchev–Trinajstić information content (AvgIpc) is 2.74. The van der Waals surface area contributed by atoms with Crippen molar-refractivity contribution in [1.82, 2.24) is 14.8 Å². The summed E-state index contributed by atoms with van der Waals surface area (Å²) in [5.41, 5.74) is 4.24. The molecule has 1 amide bonds. The van der Waals surface area contributed by atoms with Crippen LogP contribution in [0.25, 0.3) is 0 Å². The maximum Gasteiger partial charge on any atom is 0.272 e. The third-order valence-electron chi connectivity index (χ3n) is 5.77. The van der Waals surface area contributed by atoms with Crippen molar-refractivity contribution in [1.29, 1.82) is 0 Å². The van der Waals surface area contributed by atoms with Gasteiger partial charge in [0.1, 0.15) is 5.69 Å². The predicted octanol–water partition coefficient (Wildman–Crippen LogP) is 2.10. The van der Waals surface area contributed by atoms with Crippen LogP contribution in [-0.4, -0.2) is 80.1 Å². The first-order valence-corrected chi connectivity index (χ1v) is 10.1. The molecule has 148 valence electrons. The summed E-state index contributed by atoms with van der Waals surface area (Å²) in [4.78, 5) is 26.1. The van der Waals surface area contributed by atoms with E-state index in [9.17, 15) is 4.79 Å². The Morgan fingerprint density at radius 1 is 0.857 bits per heavy atom. The second-order valence-electron chi connectivity index (χ2n) is 7.81. The van der Waals surface area contributed by atoms with Crippen molar-refractivity contribution in [2.75, 3.05) is 69.2 Å². The first kappa shape index (κ1) is 18.7. The molecule has 2 aromatic rings. The summed E-state index contributed by atoms with van der Waals surface area (Å²) in [6, 6.07) is 12.6. The van der Waals surface area contributed by atoms with Crippen LogP contribution in [0.5, 0.6) is 0 Å². The minimum absolute atomic E-state index is 0.0453. The first-order chi connectivity index (χ1) is 13.6. The number of piperazine rings is 2. The predicted molar refractivity (Wildman–Crippen MR) is 113 cm³/mol. The number of hydrogen-bond donors (Lipinski definition) is 0. The molecule has 2 fully saturated rings. The topological polar surface area (TPSA) is 42.9 Å². The molecular weight excluding hydrogens is 350 g/mol. The molecule has 0 radical (unpaired) electrons. The van der Waals surface area contributed by atoms with E-state index in [1.807, 2.05) is 23.2 Å². The maximum atomic E-state index is 12.6. The molecule has 2 aliphatic heterocycles. The summed E-state index contributed by atoms with van der Waals surface area (Å²) in [6.45, 7) is 9.44. The second kappa shape index (κ2) is 8.19. The van der Waals surface area contributed by atoms with E-state index in [2.05, 4.69) is 57.9 Å². The molecule has 1 aromatic heterocycles. The Morgan fingerprint density at radius 3 is 2.14 bits per heavy atom. The van der Waals surface area contributed by atoms with Gasteiger partial charge >= 0.3 is 0 Å². The van der Waals surface area contributed by atoms with Crippen molar-refractivity contribution in [3.05, 3.63) is 53.9 Å². The molecule has 0 atom stereocenters. The highest BCUT2D eigenvalue weighted by Gasteiger charge is 2.22. The van der Waals surface area contributed by atoms with Crippen molar-refractivity contribution in [2.24, 2.45) is 0 Å². The molecule has 28 heavy (non-hydrogen) atoms. The lowest BCUT2D eigenvalue weighted by atomic mass is 10.2. The molecule has 2 saturated heterocycles. The van der Waals surface area contributed by atoms with Crippen molar-refractivity contribution < 1.29 is 4.79 Å². The average molecular weight is 380 g/mol. The Kier molecular flexibility index (Phi) is 5.48.